The molecule has 2 rings (SSSR count). The Kier molecular flexibility index (Phi) is 12.8. The van der Waals surface area contributed by atoms with Crippen molar-refractivity contribution in [2.24, 2.45) is 4.99 Å². The maximum Gasteiger partial charge on any atom is 0.186 e. The van der Waals surface area contributed by atoms with Crippen LogP contribution in [-0.4, -0.2) is 108 Å². The summed E-state index contributed by atoms with van der Waals surface area (Å²) in [5.74, 6) is 0. The summed E-state index contributed by atoms with van der Waals surface area (Å²) in [6.45, 7) is 1.42. The maximum absolute atomic E-state index is 9.87. The third-order valence-electron chi connectivity index (χ3n) is 4.56. The van der Waals surface area contributed by atoms with Crippen molar-refractivity contribution < 1.29 is 39.4 Å². The molecule has 6 N–H and O–H groups in total. The third kappa shape index (κ3) is 9.65. The number of isothiocyanates is 1. The van der Waals surface area contributed by atoms with Crippen molar-refractivity contribution in [1.82, 2.24) is 5.32 Å². The molecule has 1 fully saturated rings. The van der Waals surface area contributed by atoms with Gasteiger partial charge in [0.15, 0.2) is 11.4 Å². The molecule has 5 unspecified atom stereocenters. The number of nitrogens with one attached hydrogen (secondary N) is 2. The van der Waals surface area contributed by atoms with Crippen molar-refractivity contribution in [2.45, 2.75) is 30.7 Å². The monoisotopic (exact) mass is 503 g/mol. The molecule has 0 spiro atoms. The molecule has 0 bridgehead atoms. The van der Waals surface area contributed by atoms with Crippen LogP contribution in [0.3, 0.4) is 0 Å². The Morgan fingerprint density at radius 1 is 1.00 bits per heavy atom. The minimum atomic E-state index is -1.47. The van der Waals surface area contributed by atoms with Crippen LogP contribution < -0.4 is 10.6 Å². The van der Waals surface area contributed by atoms with Crippen LogP contribution in [0.5, 0.6) is 0 Å². The van der Waals surface area contributed by atoms with Crippen LogP contribution in [0.1, 0.15) is 0 Å². The molecule has 13 heteroatoms. The van der Waals surface area contributed by atoms with Crippen LogP contribution in [0, 0.1) is 0 Å². The smallest absolute Gasteiger partial charge is 0.186 e. The van der Waals surface area contributed by atoms with Crippen LogP contribution in [0.15, 0.2) is 29.3 Å². The Labute approximate surface area is 202 Å². The van der Waals surface area contributed by atoms with E-state index < -0.39 is 37.3 Å². The van der Waals surface area contributed by atoms with Crippen LogP contribution in [0.2, 0.25) is 0 Å². The molecule has 0 radical (unpaired) electrons. The van der Waals surface area contributed by atoms with Crippen LogP contribution >= 0.6 is 24.4 Å². The van der Waals surface area contributed by atoms with Crippen molar-refractivity contribution in [3.8, 4) is 0 Å². The highest BCUT2D eigenvalue weighted by Gasteiger charge is 2.43. The van der Waals surface area contributed by atoms with Crippen molar-refractivity contribution in [3.05, 3.63) is 24.3 Å². The lowest BCUT2D eigenvalue weighted by Gasteiger charge is -2.39. The highest BCUT2D eigenvalue weighted by Crippen LogP contribution is 2.21. The first kappa shape index (κ1) is 27.6. The number of benzene rings is 1. The van der Waals surface area contributed by atoms with Crippen LogP contribution in [0.4, 0.5) is 11.4 Å². The summed E-state index contributed by atoms with van der Waals surface area (Å²) >= 11 is 9.78. The predicted molar refractivity (Wildman–Crippen MR) is 127 cm³/mol. The average Bonchev–Trinajstić information content (AvgIpc) is 2.81. The quantitative estimate of drug-likeness (QED) is 0.117. The summed E-state index contributed by atoms with van der Waals surface area (Å²) in [5.41, 5.74) is 1.53. The average molecular weight is 504 g/mol. The molecular formula is C20H29N3O8S2. The Morgan fingerprint density at radius 2 is 1.67 bits per heavy atom. The van der Waals surface area contributed by atoms with E-state index in [0.717, 1.165) is 5.69 Å². The van der Waals surface area contributed by atoms with E-state index in [1.54, 1.807) is 12.1 Å². The van der Waals surface area contributed by atoms with E-state index in [9.17, 15) is 15.3 Å². The highest BCUT2D eigenvalue weighted by molar-refractivity contribution is 7.80. The van der Waals surface area contributed by atoms with E-state index in [2.05, 4.69) is 33.0 Å². The van der Waals surface area contributed by atoms with E-state index >= 15 is 0 Å². The highest BCUT2D eigenvalue weighted by atomic mass is 32.1. The molecule has 1 aromatic rings. The van der Waals surface area contributed by atoms with E-state index in [4.69, 9.17) is 36.3 Å². The molecule has 0 saturated carbocycles. The largest absolute Gasteiger partial charge is 0.394 e. The van der Waals surface area contributed by atoms with Gasteiger partial charge in [-0.25, -0.2) is 0 Å². The topological polar surface area (TPSA) is 154 Å². The molecule has 5 atom stereocenters. The second kappa shape index (κ2) is 15.3. The summed E-state index contributed by atoms with van der Waals surface area (Å²) < 4.78 is 21.4. The predicted octanol–water partition coefficient (Wildman–Crippen LogP) is -0.443. The van der Waals surface area contributed by atoms with Gasteiger partial charge < -0.3 is 50.0 Å². The van der Waals surface area contributed by atoms with Gasteiger partial charge in [-0.3, -0.25) is 0 Å². The fourth-order valence-electron chi connectivity index (χ4n) is 2.83. The summed E-state index contributed by atoms with van der Waals surface area (Å²) in [6, 6.07) is 7.24. The lowest BCUT2D eigenvalue weighted by molar-refractivity contribution is -0.302. The zero-order valence-corrected chi connectivity index (χ0v) is 19.5. The number of ether oxygens (including phenoxy) is 4. The molecule has 11 nitrogen and oxygen atoms in total. The number of aliphatic imine (C=N–C) groups is 1. The molecule has 1 aliphatic rings. The zero-order chi connectivity index (χ0) is 24.1. The number of aliphatic hydroxyl groups excluding tert-OH is 4. The molecule has 1 saturated heterocycles. The van der Waals surface area contributed by atoms with Crippen molar-refractivity contribution in [1.29, 1.82) is 0 Å². The number of hydrogen-bond donors (Lipinski definition) is 6. The first-order chi connectivity index (χ1) is 16.0. The SMILES string of the molecule is OCC1OC(OCCOCCOCCNC(=S)Nc2ccc(N=C=S)cc2)C(O)C(O)C1O. The fourth-order valence-corrected chi connectivity index (χ4v) is 3.16. The molecule has 1 aromatic carbocycles. The van der Waals surface area contributed by atoms with Gasteiger partial charge in [0, 0.05) is 12.2 Å². The number of nitrogens with zero attached hydrogens (tertiary/aromatic N) is 1. The zero-order valence-electron chi connectivity index (χ0n) is 17.8. The molecular weight excluding hydrogens is 474 g/mol. The van der Waals surface area contributed by atoms with Gasteiger partial charge in [-0.05, 0) is 48.7 Å². The van der Waals surface area contributed by atoms with Gasteiger partial charge in [0.25, 0.3) is 0 Å². The van der Waals surface area contributed by atoms with Gasteiger partial charge in [0.05, 0.1) is 50.5 Å². The lowest BCUT2D eigenvalue weighted by Crippen LogP contribution is -2.59. The Hall–Kier alpha value is -1.61. The maximum atomic E-state index is 9.87. The standard InChI is InChI=1S/C20H29N3O8S2/c24-11-15-16(25)17(26)18(27)19(31-15)30-10-9-29-8-7-28-6-5-21-20(33)23-14-3-1-13(2-4-14)22-12-32/h1-4,15-19,24-27H,5-11H2,(H2,21,23,33). The number of aliphatic hydroxyl groups is 4. The van der Waals surface area contributed by atoms with Gasteiger partial charge in [-0.2, -0.15) is 4.99 Å². The van der Waals surface area contributed by atoms with Crippen LogP contribution in [-0.2, 0) is 18.9 Å². The second-order valence-corrected chi connectivity index (χ2v) is 7.51. The minimum Gasteiger partial charge on any atom is -0.394 e. The van der Waals surface area contributed by atoms with Gasteiger partial charge in [-0.1, -0.05) is 0 Å². The summed E-state index contributed by atoms with van der Waals surface area (Å²) in [4.78, 5) is 3.88. The van der Waals surface area contributed by atoms with Gasteiger partial charge in [0.1, 0.15) is 24.4 Å². The Bertz CT molecular complexity index is 764. The van der Waals surface area contributed by atoms with Gasteiger partial charge in [0.2, 0.25) is 0 Å². The third-order valence-corrected chi connectivity index (χ3v) is 4.90. The molecule has 1 heterocycles. The number of rotatable bonds is 13. The van der Waals surface area contributed by atoms with Gasteiger partial charge in [-0.15, -0.1) is 0 Å². The summed E-state index contributed by atoms with van der Waals surface area (Å²) in [6.07, 6.45) is -6.48. The number of anilines is 1. The lowest BCUT2D eigenvalue weighted by atomic mass is 9.99. The van der Waals surface area contributed by atoms with Crippen molar-refractivity contribution >= 4 is 46.1 Å². The molecule has 0 amide bonds. The van der Waals surface area contributed by atoms with E-state index in [0.29, 0.717) is 37.2 Å². The van der Waals surface area contributed by atoms with Crippen LogP contribution in [0.25, 0.3) is 0 Å². The number of hydrogen-bond acceptors (Lipinski definition) is 11. The van der Waals surface area contributed by atoms with E-state index in [-0.39, 0.29) is 13.2 Å². The second-order valence-electron chi connectivity index (χ2n) is 6.92. The molecule has 0 aliphatic carbocycles. The first-order valence-corrected chi connectivity index (χ1v) is 11.1. The summed E-state index contributed by atoms with van der Waals surface area (Å²) in [5, 5.41) is 47.3. The molecule has 184 valence electrons. The first-order valence-electron chi connectivity index (χ1n) is 10.3. The minimum absolute atomic E-state index is 0.0863. The van der Waals surface area contributed by atoms with E-state index in [1.807, 2.05) is 12.1 Å². The van der Waals surface area contributed by atoms with Crippen molar-refractivity contribution in [2.75, 3.05) is 51.5 Å². The van der Waals surface area contributed by atoms with Crippen molar-refractivity contribution in [3.63, 3.8) is 0 Å². The Morgan fingerprint density at radius 3 is 2.33 bits per heavy atom. The summed E-state index contributed by atoms with van der Waals surface area (Å²) in [7, 11) is 0. The van der Waals surface area contributed by atoms with Gasteiger partial charge >= 0.3 is 0 Å². The fraction of sp³-hybridized carbons (Fsp3) is 0.600. The number of thiocarbonyl (C=S) groups is 2. The molecule has 1 aliphatic heterocycles. The normalized spacial score (nSPS) is 24.7. The Balaban J connectivity index is 1.47. The molecule has 33 heavy (non-hydrogen) atoms. The van der Waals surface area contributed by atoms with E-state index in [1.165, 1.54) is 0 Å². The molecule has 0 aromatic heterocycles.